The molecule has 6 nitrogen and oxygen atoms in total. The Hall–Kier alpha value is -0.860. The number of halogens is 1. The third kappa shape index (κ3) is 2.51. The highest BCUT2D eigenvalue weighted by Crippen LogP contribution is 2.43. The third-order valence-electron chi connectivity index (χ3n) is 3.89. The molecule has 0 unspecified atom stereocenters. The van der Waals surface area contributed by atoms with Gasteiger partial charge in [0.1, 0.15) is 5.75 Å². The van der Waals surface area contributed by atoms with Crippen LogP contribution in [0.1, 0.15) is 12.0 Å². The molecule has 2 aliphatic heterocycles. The smallest absolute Gasteiger partial charge is 0.243 e. The van der Waals surface area contributed by atoms with E-state index in [2.05, 4.69) is 0 Å². The van der Waals surface area contributed by atoms with Crippen molar-refractivity contribution in [1.82, 2.24) is 4.31 Å². The molecule has 2 aliphatic rings. The van der Waals surface area contributed by atoms with Crippen LogP contribution < -0.4 is 4.74 Å². The number of fused-ring (bicyclic) bond motifs is 2. The Bertz CT molecular complexity index is 657. The third-order valence-corrected chi connectivity index (χ3v) is 6.06. The van der Waals surface area contributed by atoms with Gasteiger partial charge in [0, 0.05) is 18.0 Å². The van der Waals surface area contributed by atoms with Gasteiger partial charge in [-0.05, 0) is 24.6 Å². The summed E-state index contributed by atoms with van der Waals surface area (Å²) < 4.78 is 43.7. The van der Waals surface area contributed by atoms with Gasteiger partial charge in [0.05, 0.1) is 31.8 Å². The molecule has 0 bridgehead atoms. The van der Waals surface area contributed by atoms with Crippen molar-refractivity contribution in [3.05, 3.63) is 23.8 Å². The highest BCUT2D eigenvalue weighted by molar-refractivity contribution is 7.89. The van der Waals surface area contributed by atoms with E-state index < -0.39 is 15.8 Å². The summed E-state index contributed by atoms with van der Waals surface area (Å²) in [5.41, 5.74) is 0.506. The molecule has 0 amide bonds. The van der Waals surface area contributed by atoms with Gasteiger partial charge in [0.25, 0.3) is 0 Å². The lowest BCUT2D eigenvalue weighted by molar-refractivity contribution is -0.176. The van der Waals surface area contributed by atoms with Crippen LogP contribution in [0, 0.1) is 0 Å². The highest BCUT2D eigenvalue weighted by Gasteiger charge is 2.50. The van der Waals surface area contributed by atoms with Gasteiger partial charge >= 0.3 is 0 Å². The van der Waals surface area contributed by atoms with Crippen LogP contribution >= 0.6 is 11.6 Å². The number of alkyl halides is 1. The van der Waals surface area contributed by atoms with Crippen LogP contribution in [0.25, 0.3) is 0 Å². The van der Waals surface area contributed by atoms with Gasteiger partial charge < -0.3 is 14.2 Å². The van der Waals surface area contributed by atoms with Crippen molar-refractivity contribution < 1.29 is 22.6 Å². The fourth-order valence-corrected chi connectivity index (χ4v) is 4.68. The molecular weight excluding hydrogens is 330 g/mol. The molecule has 0 aromatic heterocycles. The van der Waals surface area contributed by atoms with Gasteiger partial charge in [-0.3, -0.25) is 0 Å². The standard InChI is InChI=1S/C14H18ClNO5S/c1-19-11-3-4-13-12(9-11)14(20-7-8-21-14)10-16(6-2-5-15)22(13,17)18/h3-4,9H,2,5-8,10H2,1H3. The zero-order valence-corrected chi connectivity index (χ0v) is 13.8. The topological polar surface area (TPSA) is 65.1 Å². The molecule has 122 valence electrons. The number of ether oxygens (including phenoxy) is 3. The van der Waals surface area contributed by atoms with Gasteiger partial charge in [-0.2, -0.15) is 4.31 Å². The molecule has 8 heteroatoms. The van der Waals surface area contributed by atoms with Crippen LogP contribution in [-0.2, 0) is 25.3 Å². The van der Waals surface area contributed by atoms with Crippen LogP contribution in [-0.4, -0.2) is 52.0 Å². The molecule has 0 aliphatic carbocycles. The molecule has 1 aromatic carbocycles. The van der Waals surface area contributed by atoms with E-state index in [-0.39, 0.29) is 11.4 Å². The summed E-state index contributed by atoms with van der Waals surface area (Å²) in [6.07, 6.45) is 0.572. The quantitative estimate of drug-likeness (QED) is 0.773. The fourth-order valence-electron chi connectivity index (χ4n) is 2.84. The Balaban J connectivity index is 2.11. The van der Waals surface area contributed by atoms with Gasteiger partial charge in [0.2, 0.25) is 15.8 Å². The molecule has 22 heavy (non-hydrogen) atoms. The molecule has 1 spiro atoms. The number of hydrogen-bond donors (Lipinski definition) is 0. The SMILES string of the molecule is COc1ccc2c(c1)C1(CN(CCCCl)S2(=O)=O)OCCO1. The second-order valence-electron chi connectivity index (χ2n) is 5.19. The monoisotopic (exact) mass is 347 g/mol. The Morgan fingerprint density at radius 1 is 1.36 bits per heavy atom. The molecule has 1 aromatic rings. The lowest BCUT2D eigenvalue weighted by Crippen LogP contribution is -2.50. The average Bonchev–Trinajstić information content (AvgIpc) is 2.99. The first-order valence-corrected chi connectivity index (χ1v) is 9.03. The van der Waals surface area contributed by atoms with Crippen molar-refractivity contribution in [3.63, 3.8) is 0 Å². The fraction of sp³-hybridized carbons (Fsp3) is 0.571. The number of methoxy groups -OCH3 is 1. The molecule has 1 fully saturated rings. The minimum Gasteiger partial charge on any atom is -0.497 e. The van der Waals surface area contributed by atoms with E-state index >= 15 is 0 Å². The van der Waals surface area contributed by atoms with Gasteiger partial charge in [-0.15, -0.1) is 11.6 Å². The zero-order valence-electron chi connectivity index (χ0n) is 12.2. The van der Waals surface area contributed by atoms with Gasteiger partial charge in [-0.25, -0.2) is 8.42 Å². The van der Waals surface area contributed by atoms with E-state index in [0.717, 1.165) is 0 Å². The Labute approximate surface area is 135 Å². The van der Waals surface area contributed by atoms with Crippen molar-refractivity contribution in [3.8, 4) is 5.75 Å². The van der Waals surface area contributed by atoms with E-state index in [4.69, 9.17) is 25.8 Å². The summed E-state index contributed by atoms with van der Waals surface area (Å²) in [5.74, 6) is -0.0841. The van der Waals surface area contributed by atoms with Crippen molar-refractivity contribution >= 4 is 21.6 Å². The maximum atomic E-state index is 12.8. The van der Waals surface area contributed by atoms with E-state index in [1.54, 1.807) is 18.2 Å². The summed E-state index contributed by atoms with van der Waals surface area (Å²) in [6, 6.07) is 4.85. The number of nitrogens with zero attached hydrogens (tertiary/aromatic N) is 1. The Kier molecular flexibility index (Phi) is 4.35. The molecule has 2 heterocycles. The Morgan fingerprint density at radius 3 is 2.73 bits per heavy atom. The lowest BCUT2D eigenvalue weighted by atomic mass is 10.0. The maximum absolute atomic E-state index is 12.8. The summed E-state index contributed by atoms with van der Waals surface area (Å²) in [4.78, 5) is 0.205. The minimum absolute atomic E-state index is 0.131. The molecule has 0 radical (unpaired) electrons. The first kappa shape index (κ1) is 16.0. The average molecular weight is 348 g/mol. The summed E-state index contributed by atoms with van der Waals surface area (Å²) in [5, 5.41) is 0. The predicted molar refractivity (Wildman–Crippen MR) is 80.7 cm³/mol. The van der Waals surface area contributed by atoms with E-state index in [9.17, 15) is 8.42 Å². The first-order chi connectivity index (χ1) is 10.5. The minimum atomic E-state index is -3.58. The maximum Gasteiger partial charge on any atom is 0.243 e. The molecule has 0 N–H and O–H groups in total. The molecule has 1 saturated heterocycles. The second-order valence-corrected chi connectivity index (χ2v) is 7.48. The van der Waals surface area contributed by atoms with Crippen molar-refractivity contribution in [1.29, 1.82) is 0 Å². The summed E-state index contributed by atoms with van der Waals surface area (Å²) in [7, 11) is -2.05. The number of sulfonamides is 1. The van der Waals surface area contributed by atoms with Crippen LogP contribution in [0.3, 0.4) is 0 Å². The summed E-state index contributed by atoms with van der Waals surface area (Å²) in [6.45, 7) is 1.33. The van der Waals surface area contributed by atoms with E-state index in [0.29, 0.717) is 43.4 Å². The number of hydrogen-bond acceptors (Lipinski definition) is 5. The van der Waals surface area contributed by atoms with Gasteiger partial charge in [-0.1, -0.05) is 0 Å². The normalized spacial score (nSPS) is 22.6. The number of benzene rings is 1. The first-order valence-electron chi connectivity index (χ1n) is 7.06. The zero-order chi connectivity index (χ0) is 15.8. The van der Waals surface area contributed by atoms with Crippen LogP contribution in [0.15, 0.2) is 23.1 Å². The molecule has 0 saturated carbocycles. The van der Waals surface area contributed by atoms with Crippen molar-refractivity contribution in [2.45, 2.75) is 17.1 Å². The Morgan fingerprint density at radius 2 is 2.09 bits per heavy atom. The molecule has 3 rings (SSSR count). The van der Waals surface area contributed by atoms with Crippen LogP contribution in [0.4, 0.5) is 0 Å². The largest absolute Gasteiger partial charge is 0.497 e. The molecule has 0 atom stereocenters. The predicted octanol–water partition coefficient (Wildman–Crippen LogP) is 1.53. The number of rotatable bonds is 4. The van der Waals surface area contributed by atoms with E-state index in [1.165, 1.54) is 11.4 Å². The van der Waals surface area contributed by atoms with Gasteiger partial charge in [0.15, 0.2) is 0 Å². The highest BCUT2D eigenvalue weighted by atomic mass is 35.5. The van der Waals surface area contributed by atoms with Crippen molar-refractivity contribution in [2.75, 3.05) is 39.3 Å². The van der Waals surface area contributed by atoms with Crippen LogP contribution in [0.2, 0.25) is 0 Å². The van der Waals surface area contributed by atoms with Crippen LogP contribution in [0.5, 0.6) is 5.75 Å². The van der Waals surface area contributed by atoms with E-state index in [1.807, 2.05) is 0 Å². The lowest BCUT2D eigenvalue weighted by Gasteiger charge is -2.39. The second kappa shape index (κ2) is 5.98. The summed E-state index contributed by atoms with van der Waals surface area (Å²) >= 11 is 5.70. The van der Waals surface area contributed by atoms with Crippen molar-refractivity contribution in [2.24, 2.45) is 0 Å². The molecular formula is C14H18ClNO5S.